The molecule has 1 aliphatic carbocycles. The Kier molecular flexibility index (Phi) is 6.15. The van der Waals surface area contributed by atoms with Gasteiger partial charge < -0.3 is 9.88 Å². The molecule has 1 aromatic carbocycles. The number of hydrogen-bond acceptors (Lipinski definition) is 4. The number of thioether (sulfide) groups is 1. The Balaban J connectivity index is 1.64. The van der Waals surface area contributed by atoms with Crippen molar-refractivity contribution in [3.63, 3.8) is 0 Å². The summed E-state index contributed by atoms with van der Waals surface area (Å²) in [5.41, 5.74) is 0.842. The first-order valence-corrected chi connectivity index (χ1v) is 10.4. The summed E-state index contributed by atoms with van der Waals surface area (Å²) >= 11 is 13.6. The van der Waals surface area contributed by atoms with Gasteiger partial charge in [0.15, 0.2) is 5.16 Å². The second kappa shape index (κ2) is 8.19. The highest BCUT2D eigenvalue weighted by Gasteiger charge is 2.31. The maximum absolute atomic E-state index is 12.6. The number of carbonyl (C=O) groups is 1. The van der Waals surface area contributed by atoms with Gasteiger partial charge in [0.2, 0.25) is 5.91 Å². The van der Waals surface area contributed by atoms with Gasteiger partial charge in [0, 0.05) is 22.5 Å². The lowest BCUT2D eigenvalue weighted by atomic mass is 10.1. The summed E-state index contributed by atoms with van der Waals surface area (Å²) in [5.74, 6) is 1.52. The average molecular weight is 413 g/mol. The Morgan fingerprint density at radius 2 is 2.08 bits per heavy atom. The van der Waals surface area contributed by atoms with Crippen LogP contribution in [0.15, 0.2) is 23.4 Å². The molecule has 3 rings (SSSR count). The number of aromatic nitrogens is 3. The lowest BCUT2D eigenvalue weighted by molar-refractivity contribution is -0.120. The van der Waals surface area contributed by atoms with E-state index in [2.05, 4.69) is 27.0 Å². The molecule has 0 aliphatic heterocycles. The highest BCUT2D eigenvalue weighted by Crippen LogP contribution is 2.40. The van der Waals surface area contributed by atoms with E-state index >= 15 is 0 Å². The molecule has 1 fully saturated rings. The van der Waals surface area contributed by atoms with Crippen LogP contribution in [-0.4, -0.2) is 25.9 Å². The molecule has 1 saturated carbocycles. The van der Waals surface area contributed by atoms with E-state index < -0.39 is 0 Å². The molecule has 0 radical (unpaired) electrons. The van der Waals surface area contributed by atoms with Crippen LogP contribution in [-0.2, 0) is 11.3 Å². The first kappa shape index (κ1) is 19.5. The van der Waals surface area contributed by atoms with Crippen LogP contribution in [0.2, 0.25) is 10.0 Å². The molecule has 2 atom stereocenters. The fraction of sp³-hybridized carbons (Fsp3) is 0.500. The molecule has 8 heteroatoms. The minimum Gasteiger partial charge on any atom is -0.349 e. The summed E-state index contributed by atoms with van der Waals surface area (Å²) < 4.78 is 2.12. The van der Waals surface area contributed by atoms with Gasteiger partial charge in [0.1, 0.15) is 5.82 Å². The maximum Gasteiger partial charge on any atom is 0.233 e. The number of halogens is 2. The van der Waals surface area contributed by atoms with Crippen molar-refractivity contribution in [3.05, 3.63) is 39.6 Å². The van der Waals surface area contributed by atoms with Gasteiger partial charge in [-0.15, -0.1) is 10.2 Å². The van der Waals surface area contributed by atoms with Gasteiger partial charge in [-0.25, -0.2) is 0 Å². The van der Waals surface area contributed by atoms with Gasteiger partial charge in [0.05, 0.1) is 11.3 Å². The number of rotatable bonds is 7. The van der Waals surface area contributed by atoms with Crippen molar-refractivity contribution in [2.24, 2.45) is 0 Å². The Morgan fingerprint density at radius 3 is 2.69 bits per heavy atom. The quantitative estimate of drug-likeness (QED) is 0.660. The molecule has 26 heavy (non-hydrogen) atoms. The number of carbonyl (C=O) groups excluding carboxylic acids is 1. The third-order valence-electron chi connectivity index (χ3n) is 4.44. The number of amides is 1. The molecule has 1 aliphatic rings. The van der Waals surface area contributed by atoms with Crippen molar-refractivity contribution < 1.29 is 4.79 Å². The summed E-state index contributed by atoms with van der Waals surface area (Å²) in [4.78, 5) is 12.6. The summed E-state index contributed by atoms with van der Waals surface area (Å²) in [6, 6.07) is 5.08. The number of nitrogens with one attached hydrogen (secondary N) is 1. The smallest absolute Gasteiger partial charge is 0.233 e. The standard InChI is InChI=1S/C18H22Cl2N4OS/c1-4-24-16(12-5-6-12)22-23-18(24)26-11(3)17(25)21-10(2)14-8-7-13(19)9-15(14)20/h7-12H,4-6H2,1-3H3,(H,21,25)/t10-,11-/m1/s1. The Hall–Kier alpha value is -1.24. The molecular weight excluding hydrogens is 391 g/mol. The zero-order valence-electron chi connectivity index (χ0n) is 15.0. The van der Waals surface area contributed by atoms with Crippen molar-refractivity contribution in [2.45, 2.75) is 62.5 Å². The zero-order chi connectivity index (χ0) is 18.8. The summed E-state index contributed by atoms with van der Waals surface area (Å²) in [6.45, 7) is 6.67. The van der Waals surface area contributed by atoms with Crippen LogP contribution in [0.4, 0.5) is 0 Å². The maximum atomic E-state index is 12.6. The van der Waals surface area contributed by atoms with Crippen LogP contribution >= 0.6 is 35.0 Å². The first-order valence-electron chi connectivity index (χ1n) is 8.75. The van der Waals surface area contributed by atoms with Crippen LogP contribution in [0.5, 0.6) is 0 Å². The molecule has 0 saturated heterocycles. The minimum absolute atomic E-state index is 0.0628. The summed E-state index contributed by atoms with van der Waals surface area (Å²) in [5, 5.41) is 13.3. The molecule has 0 unspecified atom stereocenters. The van der Waals surface area contributed by atoms with E-state index in [9.17, 15) is 4.79 Å². The van der Waals surface area contributed by atoms with Crippen LogP contribution in [0.3, 0.4) is 0 Å². The SMILES string of the molecule is CCn1c(S[C@H](C)C(=O)N[C@H](C)c2ccc(Cl)cc2Cl)nnc1C1CC1. The fourth-order valence-electron chi connectivity index (χ4n) is 2.80. The molecule has 0 bridgehead atoms. The van der Waals surface area contributed by atoms with Gasteiger partial charge in [-0.2, -0.15) is 0 Å². The van der Waals surface area contributed by atoms with Crippen molar-refractivity contribution in [1.82, 2.24) is 20.1 Å². The van der Waals surface area contributed by atoms with E-state index in [0.717, 1.165) is 23.1 Å². The second-order valence-corrected chi connectivity index (χ2v) is 8.67. The number of benzene rings is 1. The molecule has 0 spiro atoms. The van der Waals surface area contributed by atoms with Crippen molar-refractivity contribution >= 4 is 40.9 Å². The summed E-state index contributed by atoms with van der Waals surface area (Å²) in [6.07, 6.45) is 2.36. The van der Waals surface area contributed by atoms with Gasteiger partial charge >= 0.3 is 0 Å². The van der Waals surface area contributed by atoms with E-state index in [1.54, 1.807) is 12.1 Å². The van der Waals surface area contributed by atoms with Crippen molar-refractivity contribution in [1.29, 1.82) is 0 Å². The van der Waals surface area contributed by atoms with Crippen LogP contribution in [0.1, 0.15) is 57.0 Å². The predicted molar refractivity (Wildman–Crippen MR) is 106 cm³/mol. The zero-order valence-corrected chi connectivity index (χ0v) is 17.3. The highest BCUT2D eigenvalue weighted by molar-refractivity contribution is 8.00. The van der Waals surface area contributed by atoms with Crippen molar-refractivity contribution in [2.75, 3.05) is 0 Å². The molecular formula is C18H22Cl2N4OS. The van der Waals surface area contributed by atoms with Gasteiger partial charge in [-0.05, 0) is 51.3 Å². The van der Waals surface area contributed by atoms with Gasteiger partial charge in [-0.3, -0.25) is 4.79 Å². The monoisotopic (exact) mass is 412 g/mol. The van der Waals surface area contributed by atoms with Crippen LogP contribution < -0.4 is 5.32 Å². The second-order valence-electron chi connectivity index (χ2n) is 6.52. The Labute approximate surface area is 167 Å². The Bertz CT molecular complexity index is 806. The van der Waals surface area contributed by atoms with E-state index in [4.69, 9.17) is 23.2 Å². The Morgan fingerprint density at radius 1 is 1.35 bits per heavy atom. The summed E-state index contributed by atoms with van der Waals surface area (Å²) in [7, 11) is 0. The molecule has 5 nitrogen and oxygen atoms in total. The molecule has 1 heterocycles. The van der Waals surface area contributed by atoms with Crippen LogP contribution in [0.25, 0.3) is 0 Å². The van der Waals surface area contributed by atoms with Crippen LogP contribution in [0, 0.1) is 0 Å². The van der Waals surface area contributed by atoms with E-state index in [1.165, 1.54) is 24.6 Å². The lowest BCUT2D eigenvalue weighted by Gasteiger charge is -2.19. The first-order chi connectivity index (χ1) is 12.4. The van der Waals surface area contributed by atoms with E-state index in [-0.39, 0.29) is 17.2 Å². The molecule has 2 aromatic rings. The van der Waals surface area contributed by atoms with Gasteiger partial charge in [-0.1, -0.05) is 41.0 Å². The third kappa shape index (κ3) is 4.35. The third-order valence-corrected chi connectivity index (χ3v) is 6.09. The molecule has 140 valence electrons. The van der Waals surface area contributed by atoms with Gasteiger partial charge in [0.25, 0.3) is 0 Å². The predicted octanol–water partition coefficient (Wildman–Crippen LogP) is 4.84. The van der Waals surface area contributed by atoms with E-state index in [0.29, 0.717) is 16.0 Å². The molecule has 1 amide bonds. The largest absolute Gasteiger partial charge is 0.349 e. The number of hydrogen-bond donors (Lipinski definition) is 1. The van der Waals surface area contributed by atoms with E-state index in [1.807, 2.05) is 19.9 Å². The highest BCUT2D eigenvalue weighted by atomic mass is 35.5. The van der Waals surface area contributed by atoms with Crippen molar-refractivity contribution in [3.8, 4) is 0 Å². The molecule has 1 aromatic heterocycles. The fourth-order valence-corrected chi connectivity index (χ4v) is 4.30. The normalized spacial score (nSPS) is 16.3. The average Bonchev–Trinajstić information content (AvgIpc) is 3.35. The minimum atomic E-state index is -0.287. The number of nitrogens with zero attached hydrogens (tertiary/aromatic N) is 3. The molecule has 1 N–H and O–H groups in total. The lowest BCUT2D eigenvalue weighted by Crippen LogP contribution is -2.33. The topological polar surface area (TPSA) is 59.8 Å².